The van der Waals surface area contributed by atoms with Gasteiger partial charge in [0.2, 0.25) is 0 Å². The Balaban J connectivity index is -0.0000000720. The molecule has 0 rings (SSSR count). The molecule has 0 saturated carbocycles. The van der Waals surface area contributed by atoms with E-state index in [1.165, 1.54) is 6.26 Å². The fourth-order valence-corrected chi connectivity index (χ4v) is 0. The summed E-state index contributed by atoms with van der Waals surface area (Å²) in [6.45, 7) is 7.21. The Labute approximate surface area is 82.5 Å². The maximum Gasteiger partial charge on any atom is 0.0766 e. The molecule has 53 valence electrons. The Morgan fingerprint density at radius 3 is 1.78 bits per heavy atom. The number of methoxy groups -OCH3 is 2. The van der Waals surface area contributed by atoms with E-state index in [2.05, 4.69) is 23.0 Å². The third-order valence-electron chi connectivity index (χ3n) is 0.371. The predicted octanol–water partition coefficient (Wildman–Crippen LogP) is 1.24. The van der Waals surface area contributed by atoms with E-state index in [9.17, 15) is 0 Å². The first-order chi connectivity index (χ1) is 3.83. The number of ether oxygens (including phenoxy) is 2. The summed E-state index contributed by atoms with van der Waals surface area (Å²) in [7, 11) is 3.18. The molecule has 0 aromatic rings. The first-order valence-corrected chi connectivity index (χ1v) is 2.25. The van der Waals surface area contributed by atoms with Crippen LogP contribution in [0.3, 0.4) is 0 Å². The van der Waals surface area contributed by atoms with Crippen LogP contribution in [-0.4, -0.2) is 20.8 Å². The van der Waals surface area contributed by atoms with Gasteiger partial charge in [-0.2, -0.15) is 0 Å². The summed E-state index contributed by atoms with van der Waals surface area (Å²) in [6, 6.07) is 0. The van der Waals surface area contributed by atoms with E-state index in [-0.39, 0.29) is 32.7 Å². The Hall–Kier alpha value is 0.604. The zero-order valence-corrected chi connectivity index (χ0v) is 8.93. The van der Waals surface area contributed by atoms with Crippen LogP contribution in [0.2, 0.25) is 0 Å². The maximum atomic E-state index is 4.43. The van der Waals surface area contributed by atoms with Gasteiger partial charge in [0.15, 0.2) is 0 Å². The first-order valence-electron chi connectivity index (χ1n) is 2.25. The predicted molar refractivity (Wildman–Crippen MR) is 34.4 cm³/mol. The smallest absolute Gasteiger partial charge is 0.0766 e. The van der Waals surface area contributed by atoms with Crippen molar-refractivity contribution in [3.05, 3.63) is 19.8 Å². The van der Waals surface area contributed by atoms with Gasteiger partial charge in [-0.15, -0.1) is 0 Å². The van der Waals surface area contributed by atoms with Gasteiger partial charge in [0.25, 0.3) is 0 Å². The fraction of sp³-hybridized carbons (Fsp3) is 0.500. The van der Waals surface area contributed by atoms with E-state index >= 15 is 0 Å². The van der Waals surface area contributed by atoms with Crippen LogP contribution in [-0.2, 0) is 42.2 Å². The van der Waals surface area contributed by atoms with Crippen LogP contribution >= 0.6 is 0 Å². The summed E-state index contributed by atoms with van der Waals surface area (Å²) in [5.74, 6) is 0. The molecule has 0 unspecified atom stereocenters. The van der Waals surface area contributed by atoms with Crippen LogP contribution in [0.15, 0.2) is 12.8 Å². The zero-order valence-electron chi connectivity index (χ0n) is 6.09. The SMILES string of the molecule is C=COC.[CH2-]COC.[Y]. The van der Waals surface area contributed by atoms with Gasteiger partial charge in [-0.05, 0) is 0 Å². The van der Waals surface area contributed by atoms with Crippen molar-refractivity contribution in [2.24, 2.45) is 0 Å². The molecule has 0 spiro atoms. The van der Waals surface area contributed by atoms with Crippen molar-refractivity contribution in [3.63, 3.8) is 0 Å². The summed E-state index contributed by atoms with van der Waals surface area (Å²) in [6.07, 6.45) is 1.38. The van der Waals surface area contributed by atoms with E-state index in [0.29, 0.717) is 6.61 Å². The van der Waals surface area contributed by atoms with Crippen LogP contribution in [0.25, 0.3) is 0 Å². The Morgan fingerprint density at radius 1 is 1.56 bits per heavy atom. The molecule has 1 radical (unpaired) electrons. The quantitative estimate of drug-likeness (QED) is 0.500. The molecule has 3 heteroatoms. The first kappa shape index (κ1) is 16.3. The van der Waals surface area contributed by atoms with Crippen LogP contribution < -0.4 is 0 Å². The van der Waals surface area contributed by atoms with Gasteiger partial charge < -0.3 is 16.4 Å². The third-order valence-corrected chi connectivity index (χ3v) is 0.371. The van der Waals surface area contributed by atoms with Gasteiger partial charge in [-0.3, -0.25) is 0 Å². The molecule has 0 saturated heterocycles. The number of rotatable bonds is 2. The Bertz CT molecular complexity index is 38.0. The molecular formula is C6H13O2Y-. The van der Waals surface area contributed by atoms with Crippen molar-refractivity contribution >= 4 is 0 Å². The standard InChI is InChI=1S/C3H7O.C3H6O.Y/c2*1-3-4-2;/h1,3H2,2H3;3H,1H2,2H3;/q-1;;. The monoisotopic (exact) mass is 206 g/mol. The number of hydrogen-bond donors (Lipinski definition) is 0. The average Bonchev–Trinajstić information content (AvgIpc) is 1.88. The zero-order chi connectivity index (χ0) is 6.83. The molecule has 0 aliphatic heterocycles. The minimum absolute atomic E-state index is 0. The molecule has 0 amide bonds. The van der Waals surface area contributed by atoms with Gasteiger partial charge in [-0.1, -0.05) is 13.2 Å². The largest absolute Gasteiger partial charge is 0.505 e. The minimum Gasteiger partial charge on any atom is -0.505 e. The van der Waals surface area contributed by atoms with E-state index in [0.717, 1.165) is 0 Å². The second kappa shape index (κ2) is 23.5. The molecule has 0 aliphatic carbocycles. The van der Waals surface area contributed by atoms with Gasteiger partial charge in [0, 0.05) is 39.8 Å². The van der Waals surface area contributed by atoms with Gasteiger partial charge in [0.05, 0.1) is 13.4 Å². The Morgan fingerprint density at radius 2 is 1.78 bits per heavy atom. The molecule has 0 atom stereocenters. The molecule has 9 heavy (non-hydrogen) atoms. The van der Waals surface area contributed by atoms with Crippen molar-refractivity contribution in [2.75, 3.05) is 20.8 Å². The van der Waals surface area contributed by atoms with Gasteiger partial charge in [0.1, 0.15) is 0 Å². The summed E-state index contributed by atoms with van der Waals surface area (Å²) in [4.78, 5) is 0. The van der Waals surface area contributed by atoms with E-state index in [4.69, 9.17) is 0 Å². The molecule has 0 aromatic carbocycles. The van der Waals surface area contributed by atoms with E-state index in [1.54, 1.807) is 14.2 Å². The van der Waals surface area contributed by atoms with Crippen molar-refractivity contribution in [1.82, 2.24) is 0 Å². The molecular weight excluding hydrogens is 193 g/mol. The van der Waals surface area contributed by atoms with Crippen molar-refractivity contribution < 1.29 is 42.2 Å². The molecule has 0 bridgehead atoms. The van der Waals surface area contributed by atoms with Crippen molar-refractivity contribution in [2.45, 2.75) is 0 Å². The van der Waals surface area contributed by atoms with Gasteiger partial charge >= 0.3 is 0 Å². The van der Waals surface area contributed by atoms with E-state index < -0.39 is 0 Å². The summed E-state index contributed by atoms with van der Waals surface area (Å²) >= 11 is 0. The van der Waals surface area contributed by atoms with Crippen molar-refractivity contribution in [3.8, 4) is 0 Å². The maximum absolute atomic E-state index is 4.43. The molecule has 0 aromatic heterocycles. The number of hydrogen-bond acceptors (Lipinski definition) is 2. The van der Waals surface area contributed by atoms with Crippen molar-refractivity contribution in [1.29, 1.82) is 0 Å². The van der Waals surface area contributed by atoms with Crippen LogP contribution in [0, 0.1) is 6.92 Å². The molecule has 0 fully saturated rings. The van der Waals surface area contributed by atoms with Crippen LogP contribution in [0.1, 0.15) is 0 Å². The topological polar surface area (TPSA) is 18.5 Å². The van der Waals surface area contributed by atoms with Gasteiger partial charge in [-0.25, -0.2) is 0 Å². The Kier molecular flexibility index (Phi) is 42.5. The average molecular weight is 206 g/mol. The molecule has 0 N–H and O–H groups in total. The molecule has 0 aliphatic rings. The van der Waals surface area contributed by atoms with E-state index in [1.807, 2.05) is 0 Å². The second-order valence-electron chi connectivity index (χ2n) is 0.895. The minimum atomic E-state index is 0. The molecule has 0 heterocycles. The normalized spacial score (nSPS) is 5.67. The van der Waals surface area contributed by atoms with Crippen LogP contribution in [0.4, 0.5) is 0 Å². The third kappa shape index (κ3) is 55.3. The summed E-state index contributed by atoms with van der Waals surface area (Å²) in [5, 5.41) is 0. The summed E-state index contributed by atoms with van der Waals surface area (Å²) in [5.41, 5.74) is 0. The second-order valence-corrected chi connectivity index (χ2v) is 0.895. The molecule has 2 nitrogen and oxygen atoms in total. The van der Waals surface area contributed by atoms with Crippen LogP contribution in [0.5, 0.6) is 0 Å². The fourth-order valence-electron chi connectivity index (χ4n) is 0. The summed E-state index contributed by atoms with van der Waals surface area (Å²) < 4.78 is 8.74.